The molecule has 8 atom stereocenters. The first-order valence-corrected chi connectivity index (χ1v) is 31.2. The van der Waals surface area contributed by atoms with Gasteiger partial charge in [0.15, 0.2) is 30.7 Å². The highest BCUT2D eigenvalue weighted by Gasteiger charge is 2.57. The van der Waals surface area contributed by atoms with Gasteiger partial charge in [-0.3, -0.25) is 4.79 Å². The van der Waals surface area contributed by atoms with Crippen LogP contribution < -0.4 is 0 Å². The largest absolute Gasteiger partial charge is 0.458 e. The first-order chi connectivity index (χ1) is 26.5. The summed E-state index contributed by atoms with van der Waals surface area (Å²) in [6.07, 6.45) is 5.39. The molecule has 3 rings (SSSR count). The highest BCUT2D eigenvalue weighted by Crippen LogP contribution is 2.47. The van der Waals surface area contributed by atoms with Crippen LogP contribution in [0.15, 0.2) is 53.5 Å². The van der Waals surface area contributed by atoms with E-state index in [9.17, 15) is 9.59 Å². The fourth-order valence-corrected chi connectivity index (χ4v) is 10.9. The van der Waals surface area contributed by atoms with Crippen LogP contribution in [0.4, 0.5) is 0 Å². The summed E-state index contributed by atoms with van der Waals surface area (Å²) in [6, 6.07) is 8.90. The topological polar surface area (TPSA) is 89.5 Å². The number of rotatable bonds is 18. The zero-order valence-corrected chi connectivity index (χ0v) is 43.5. The lowest BCUT2D eigenvalue weighted by Gasteiger charge is -2.56. The number of ketones is 1. The minimum atomic E-state index is -2.44. The van der Waals surface area contributed by atoms with Crippen LogP contribution in [0, 0.1) is 0 Å². The predicted molar refractivity (Wildman–Crippen MR) is 249 cm³/mol. The average Bonchev–Trinajstić information content (AvgIpc) is 3.08. The van der Waals surface area contributed by atoms with E-state index in [0.717, 1.165) is 25.7 Å². The molecule has 1 aromatic carbocycles. The molecule has 330 valence electrons. The van der Waals surface area contributed by atoms with Crippen molar-refractivity contribution in [1.29, 1.82) is 0 Å². The van der Waals surface area contributed by atoms with Gasteiger partial charge in [-0.05, 0) is 103 Å². The molecule has 0 unspecified atom stereocenters. The van der Waals surface area contributed by atoms with E-state index in [4.69, 9.17) is 27.5 Å². The molecule has 0 amide bonds. The summed E-state index contributed by atoms with van der Waals surface area (Å²) in [5, 5.41) is -0.244. The molecule has 0 aliphatic carbocycles. The molecule has 0 saturated carbocycles. The number of hydrogen-bond donors (Lipinski definition) is 0. The Morgan fingerprint density at radius 1 is 0.845 bits per heavy atom. The SMILES string of the molecule is C=C(Br)C[C@H](CCC(=O)/C=C/[C@H](O[Si](C)(C)C(C)(C)C)[C@@H]1O[C@H]2CC[C@H](CCC)O[C@@H]2[C@H](O[Si](C)(C)C(C)(C)C)[C@@H]1O[Si](C)(C)C(C)(C)C)OC(=O)c1ccccc1. The third kappa shape index (κ3) is 13.9. The van der Waals surface area contributed by atoms with E-state index in [0.29, 0.717) is 22.9 Å². The zero-order chi connectivity index (χ0) is 44.1. The van der Waals surface area contributed by atoms with Crippen LogP contribution in [-0.2, 0) is 32.3 Å². The second-order valence-corrected chi connectivity index (χ2v) is 36.6. The summed E-state index contributed by atoms with van der Waals surface area (Å²) in [5.41, 5.74) is 0.466. The molecule has 0 aromatic heterocycles. The Labute approximate surface area is 364 Å². The van der Waals surface area contributed by atoms with Gasteiger partial charge in [0.25, 0.3) is 0 Å². The Morgan fingerprint density at radius 3 is 1.91 bits per heavy atom. The summed E-state index contributed by atoms with van der Waals surface area (Å²) in [7, 11) is -7.24. The first-order valence-electron chi connectivity index (χ1n) is 21.6. The van der Waals surface area contributed by atoms with Crippen LogP contribution >= 0.6 is 15.9 Å². The van der Waals surface area contributed by atoms with Crippen LogP contribution in [-0.4, -0.2) is 85.5 Å². The number of ether oxygens (including phenoxy) is 3. The summed E-state index contributed by atoms with van der Waals surface area (Å²) < 4.78 is 43.2. The van der Waals surface area contributed by atoms with Gasteiger partial charge >= 0.3 is 5.97 Å². The third-order valence-electron chi connectivity index (χ3n) is 13.4. The lowest BCUT2D eigenvalue weighted by molar-refractivity contribution is -0.267. The number of fused-ring (bicyclic) bond motifs is 1. The molecular formula is C46H79BrO8Si3. The maximum Gasteiger partial charge on any atom is 0.338 e. The normalized spacial score (nSPS) is 24.9. The Morgan fingerprint density at radius 2 is 1.40 bits per heavy atom. The van der Waals surface area contributed by atoms with Crippen molar-refractivity contribution >= 4 is 52.6 Å². The predicted octanol–water partition coefficient (Wildman–Crippen LogP) is 12.7. The van der Waals surface area contributed by atoms with Gasteiger partial charge in [0.2, 0.25) is 0 Å². The molecule has 0 radical (unpaired) electrons. The molecule has 0 spiro atoms. The molecule has 2 fully saturated rings. The number of esters is 1. The van der Waals surface area contributed by atoms with Gasteiger partial charge < -0.3 is 27.5 Å². The summed E-state index contributed by atoms with van der Waals surface area (Å²) in [6.45, 7) is 40.1. The van der Waals surface area contributed by atoms with Crippen molar-refractivity contribution in [1.82, 2.24) is 0 Å². The van der Waals surface area contributed by atoms with Gasteiger partial charge in [0.05, 0.1) is 23.9 Å². The molecule has 2 aliphatic rings. The third-order valence-corrected chi connectivity index (χ3v) is 27.1. The van der Waals surface area contributed by atoms with E-state index in [2.05, 4.69) is 131 Å². The van der Waals surface area contributed by atoms with Crippen molar-refractivity contribution in [3.63, 3.8) is 0 Å². The quantitative estimate of drug-likeness (QED) is 0.0817. The second kappa shape index (κ2) is 20.3. The minimum Gasteiger partial charge on any atom is -0.458 e. The highest BCUT2D eigenvalue weighted by atomic mass is 79.9. The molecule has 12 heteroatoms. The number of allylic oxidation sites excluding steroid dienone is 1. The molecule has 2 heterocycles. The zero-order valence-electron chi connectivity index (χ0n) is 39.0. The van der Waals surface area contributed by atoms with E-state index >= 15 is 0 Å². The Bertz CT molecular complexity index is 1540. The monoisotopic (exact) mass is 922 g/mol. The maximum atomic E-state index is 13.9. The van der Waals surface area contributed by atoms with Gasteiger partial charge in [0.1, 0.15) is 30.5 Å². The number of carbonyl (C=O) groups is 2. The number of benzene rings is 1. The summed E-state index contributed by atoms with van der Waals surface area (Å²) in [4.78, 5) is 26.8. The second-order valence-electron chi connectivity index (χ2n) is 21.2. The Kier molecular flexibility index (Phi) is 17.9. The Hall–Kier alpha value is -1.23. The van der Waals surface area contributed by atoms with E-state index in [-0.39, 0.29) is 51.7 Å². The van der Waals surface area contributed by atoms with Crippen molar-refractivity contribution in [2.75, 3.05) is 0 Å². The fourth-order valence-electron chi connectivity index (χ4n) is 6.65. The number of carbonyl (C=O) groups excluding carboxylic acids is 2. The van der Waals surface area contributed by atoms with Gasteiger partial charge in [-0.1, -0.05) is 122 Å². The van der Waals surface area contributed by atoms with Gasteiger partial charge in [-0.15, -0.1) is 0 Å². The van der Waals surface area contributed by atoms with Crippen molar-refractivity contribution < 1.29 is 37.1 Å². The van der Waals surface area contributed by atoms with Crippen molar-refractivity contribution in [2.24, 2.45) is 0 Å². The van der Waals surface area contributed by atoms with Crippen LogP contribution in [0.3, 0.4) is 0 Å². The van der Waals surface area contributed by atoms with Crippen LogP contribution in [0.2, 0.25) is 54.4 Å². The number of hydrogen-bond acceptors (Lipinski definition) is 8. The summed E-state index contributed by atoms with van der Waals surface area (Å²) >= 11 is 3.44. The van der Waals surface area contributed by atoms with Gasteiger partial charge in [-0.25, -0.2) is 4.79 Å². The van der Waals surface area contributed by atoms with E-state index in [1.807, 2.05) is 12.1 Å². The molecule has 0 N–H and O–H groups in total. The van der Waals surface area contributed by atoms with Crippen molar-refractivity contribution in [2.45, 2.75) is 217 Å². The number of halogens is 1. The molecule has 1 aromatic rings. The fraction of sp³-hybridized carbons (Fsp3) is 0.739. The highest BCUT2D eigenvalue weighted by molar-refractivity contribution is 9.11. The first kappa shape index (κ1) is 51.1. The standard InChI is InChI=1S/C46H79BrO8Si3/c1-18-22-35-28-30-37-39(50-35)41(54-57(14,15)45(6,7)8)42(55-58(16,17)46(9,10)11)40(52-37)38(53-56(12,13)44(3,4)5)29-26-34(48)25-27-36(31-32(2)47)51-43(49)33-23-20-19-21-24-33/h19-21,23-24,26,29,35-42H,2,18,22,25,27-28,30-31H2,1,3-17H3/b29-26+/t35-,36-,37-,38-,39-,40-,41-,42+/m0/s1. The van der Waals surface area contributed by atoms with Crippen LogP contribution in [0.5, 0.6) is 0 Å². The van der Waals surface area contributed by atoms with E-state index in [1.165, 1.54) is 0 Å². The summed E-state index contributed by atoms with van der Waals surface area (Å²) in [5.74, 6) is -0.509. The molecule has 8 nitrogen and oxygen atoms in total. The Balaban J connectivity index is 2.11. The molecule has 58 heavy (non-hydrogen) atoms. The van der Waals surface area contributed by atoms with Gasteiger partial charge in [-0.2, -0.15) is 0 Å². The van der Waals surface area contributed by atoms with Crippen molar-refractivity contribution in [3.8, 4) is 0 Å². The minimum absolute atomic E-state index is 0.0485. The maximum absolute atomic E-state index is 13.9. The van der Waals surface area contributed by atoms with Gasteiger partial charge in [0, 0.05) is 12.8 Å². The van der Waals surface area contributed by atoms with Crippen LogP contribution in [0.1, 0.15) is 125 Å². The molecule has 0 bridgehead atoms. The van der Waals surface area contributed by atoms with Crippen LogP contribution in [0.25, 0.3) is 0 Å². The van der Waals surface area contributed by atoms with E-state index in [1.54, 1.807) is 30.3 Å². The average molecular weight is 924 g/mol. The van der Waals surface area contributed by atoms with E-state index < -0.39 is 55.3 Å². The molecule has 2 aliphatic heterocycles. The molecular weight excluding hydrogens is 845 g/mol. The van der Waals surface area contributed by atoms with Crippen molar-refractivity contribution in [3.05, 3.63) is 59.1 Å². The smallest absolute Gasteiger partial charge is 0.338 e. The lowest BCUT2D eigenvalue weighted by Crippen LogP contribution is -2.69. The molecule has 2 saturated heterocycles. The lowest BCUT2D eigenvalue weighted by atomic mass is 9.87.